The van der Waals surface area contributed by atoms with Gasteiger partial charge in [0.2, 0.25) is 0 Å². The van der Waals surface area contributed by atoms with Crippen LogP contribution in [-0.4, -0.2) is 16.0 Å². The van der Waals surface area contributed by atoms with Gasteiger partial charge in [-0.25, -0.2) is 4.98 Å². The van der Waals surface area contributed by atoms with Crippen LogP contribution < -0.4 is 10.1 Å². The van der Waals surface area contributed by atoms with E-state index in [2.05, 4.69) is 22.4 Å². The molecule has 6 rings (SSSR count). The van der Waals surface area contributed by atoms with Crippen LogP contribution in [0.4, 0.5) is 5.13 Å². The number of hydrogen-bond acceptors (Lipinski definition) is 5. The van der Waals surface area contributed by atoms with Gasteiger partial charge in [0.1, 0.15) is 11.5 Å². The van der Waals surface area contributed by atoms with E-state index in [-0.39, 0.29) is 0 Å². The zero-order valence-electron chi connectivity index (χ0n) is 15.5. The molecule has 0 radical (unpaired) electrons. The van der Waals surface area contributed by atoms with Crippen molar-refractivity contribution in [1.82, 2.24) is 9.97 Å². The van der Waals surface area contributed by atoms with Gasteiger partial charge in [0, 0.05) is 23.7 Å². The Bertz CT molecular complexity index is 1170. The molecule has 1 N–H and O–H groups in total. The maximum atomic E-state index is 6.20. The SMILES string of the molecule is c1ccc2c(Oc3ccc4nc(N[C@@H]5C[C@@H]6CC[C@@H]5C6)sc4c3)ccnc2c1. The largest absolute Gasteiger partial charge is 0.457 e. The summed E-state index contributed by atoms with van der Waals surface area (Å²) in [5.74, 6) is 3.44. The highest BCUT2D eigenvalue weighted by Gasteiger charge is 2.39. The standard InChI is InChI=1S/C23H21N3OS/c1-2-4-18-17(3-1)21(9-10-24-18)27-16-7-8-19-22(13-16)28-23(25-19)26-20-12-14-5-6-15(20)11-14/h1-4,7-10,13-15,20H,5-6,11-12H2,(H,25,26)/t14-,15-,20-/m1/s1. The summed E-state index contributed by atoms with van der Waals surface area (Å²) in [7, 11) is 0. The average Bonchev–Trinajstić information content (AvgIpc) is 3.43. The molecule has 2 aromatic heterocycles. The van der Waals surface area contributed by atoms with E-state index in [4.69, 9.17) is 9.72 Å². The van der Waals surface area contributed by atoms with Crippen molar-refractivity contribution in [3.05, 3.63) is 54.7 Å². The highest BCUT2D eigenvalue weighted by molar-refractivity contribution is 7.22. The highest BCUT2D eigenvalue weighted by atomic mass is 32.1. The third-order valence-corrected chi connectivity index (χ3v) is 7.19. The lowest BCUT2D eigenvalue weighted by Crippen LogP contribution is -2.25. The van der Waals surface area contributed by atoms with E-state index in [1.807, 2.05) is 36.4 Å². The number of para-hydroxylation sites is 1. The molecule has 3 atom stereocenters. The van der Waals surface area contributed by atoms with Crippen molar-refractivity contribution in [1.29, 1.82) is 0 Å². The number of thiazole rings is 1. The Labute approximate surface area is 167 Å². The van der Waals surface area contributed by atoms with Crippen LogP contribution in [0.5, 0.6) is 11.5 Å². The van der Waals surface area contributed by atoms with Crippen LogP contribution in [-0.2, 0) is 0 Å². The minimum Gasteiger partial charge on any atom is -0.457 e. The van der Waals surface area contributed by atoms with Crippen LogP contribution in [0.15, 0.2) is 54.7 Å². The fraction of sp³-hybridized carbons (Fsp3) is 0.304. The van der Waals surface area contributed by atoms with Gasteiger partial charge in [-0.15, -0.1) is 0 Å². The number of anilines is 1. The van der Waals surface area contributed by atoms with Gasteiger partial charge >= 0.3 is 0 Å². The van der Waals surface area contributed by atoms with E-state index in [1.165, 1.54) is 25.7 Å². The average molecular weight is 388 g/mol. The van der Waals surface area contributed by atoms with Gasteiger partial charge in [0.05, 0.1) is 15.7 Å². The molecule has 0 amide bonds. The van der Waals surface area contributed by atoms with E-state index < -0.39 is 0 Å². The summed E-state index contributed by atoms with van der Waals surface area (Å²) < 4.78 is 7.36. The molecule has 2 saturated carbocycles. The predicted octanol–water partition coefficient (Wildman–Crippen LogP) is 6.24. The number of fused-ring (bicyclic) bond motifs is 4. The minimum atomic E-state index is 0.609. The third kappa shape index (κ3) is 2.81. The number of nitrogens with one attached hydrogen (secondary N) is 1. The van der Waals surface area contributed by atoms with E-state index in [1.54, 1.807) is 17.5 Å². The molecule has 28 heavy (non-hydrogen) atoms. The number of hydrogen-bond donors (Lipinski definition) is 1. The fourth-order valence-corrected chi connectivity index (χ4v) is 5.85. The molecule has 0 spiro atoms. The smallest absolute Gasteiger partial charge is 0.184 e. The topological polar surface area (TPSA) is 47.0 Å². The molecule has 140 valence electrons. The molecule has 4 aromatic rings. The quantitative estimate of drug-likeness (QED) is 0.450. The number of pyridine rings is 1. The Morgan fingerprint density at radius 3 is 2.86 bits per heavy atom. The van der Waals surface area contributed by atoms with Crippen molar-refractivity contribution in [3.8, 4) is 11.5 Å². The van der Waals surface area contributed by atoms with Crippen molar-refractivity contribution in [2.24, 2.45) is 11.8 Å². The number of aromatic nitrogens is 2. The fourth-order valence-electron chi connectivity index (χ4n) is 4.90. The summed E-state index contributed by atoms with van der Waals surface area (Å²) >= 11 is 1.73. The maximum Gasteiger partial charge on any atom is 0.184 e. The van der Waals surface area contributed by atoms with Crippen LogP contribution in [0.3, 0.4) is 0 Å². The maximum absolute atomic E-state index is 6.20. The molecule has 2 aromatic carbocycles. The first-order valence-electron chi connectivity index (χ1n) is 10.0. The van der Waals surface area contributed by atoms with Crippen LogP contribution in [0.25, 0.3) is 21.1 Å². The Morgan fingerprint density at radius 1 is 1.00 bits per heavy atom. The van der Waals surface area contributed by atoms with Crippen LogP contribution in [0.2, 0.25) is 0 Å². The second kappa shape index (κ2) is 6.45. The molecule has 2 heterocycles. The van der Waals surface area contributed by atoms with Gasteiger partial charge in [-0.1, -0.05) is 29.9 Å². The van der Waals surface area contributed by atoms with Crippen LogP contribution in [0.1, 0.15) is 25.7 Å². The predicted molar refractivity (Wildman–Crippen MR) is 114 cm³/mol. The summed E-state index contributed by atoms with van der Waals surface area (Å²) in [4.78, 5) is 9.21. The van der Waals surface area contributed by atoms with E-state index >= 15 is 0 Å². The normalized spacial score (nSPS) is 23.5. The van der Waals surface area contributed by atoms with E-state index in [9.17, 15) is 0 Å². The van der Waals surface area contributed by atoms with E-state index in [0.717, 1.165) is 49.6 Å². The van der Waals surface area contributed by atoms with Crippen LogP contribution in [0, 0.1) is 11.8 Å². The third-order valence-electron chi connectivity index (χ3n) is 6.24. The van der Waals surface area contributed by atoms with Crippen molar-refractivity contribution in [2.45, 2.75) is 31.7 Å². The summed E-state index contributed by atoms with van der Waals surface area (Å²) in [6.45, 7) is 0. The lowest BCUT2D eigenvalue weighted by Gasteiger charge is -2.22. The molecule has 5 heteroatoms. The molecule has 2 fully saturated rings. The van der Waals surface area contributed by atoms with Crippen molar-refractivity contribution < 1.29 is 4.74 Å². The molecule has 0 saturated heterocycles. The first-order chi connectivity index (χ1) is 13.8. The molecule has 2 bridgehead atoms. The van der Waals surface area contributed by atoms with Gasteiger partial charge in [-0.2, -0.15) is 0 Å². The van der Waals surface area contributed by atoms with Gasteiger partial charge in [0.15, 0.2) is 5.13 Å². The molecule has 2 aliphatic carbocycles. The van der Waals surface area contributed by atoms with Crippen molar-refractivity contribution >= 4 is 37.6 Å². The summed E-state index contributed by atoms with van der Waals surface area (Å²) in [5.41, 5.74) is 1.97. The summed E-state index contributed by atoms with van der Waals surface area (Å²) in [6.07, 6.45) is 7.31. The highest BCUT2D eigenvalue weighted by Crippen LogP contribution is 2.46. The molecule has 0 unspecified atom stereocenters. The lowest BCUT2D eigenvalue weighted by atomic mass is 9.96. The van der Waals surface area contributed by atoms with Gasteiger partial charge in [-0.05, 0) is 61.4 Å². The summed E-state index contributed by atoms with van der Waals surface area (Å²) in [5, 5.41) is 5.78. The van der Waals surface area contributed by atoms with Crippen molar-refractivity contribution in [3.63, 3.8) is 0 Å². The zero-order valence-corrected chi connectivity index (χ0v) is 16.3. The Hall–Kier alpha value is -2.66. The lowest BCUT2D eigenvalue weighted by molar-refractivity contribution is 0.439. The van der Waals surface area contributed by atoms with Gasteiger partial charge < -0.3 is 10.1 Å². The number of nitrogens with zero attached hydrogens (tertiary/aromatic N) is 2. The number of ether oxygens (including phenoxy) is 1. The Balaban J connectivity index is 1.27. The second-order valence-electron chi connectivity index (χ2n) is 8.00. The second-order valence-corrected chi connectivity index (χ2v) is 9.03. The molecular weight excluding hydrogens is 366 g/mol. The molecular formula is C23H21N3OS. The first-order valence-corrected chi connectivity index (χ1v) is 10.8. The molecule has 2 aliphatic rings. The monoisotopic (exact) mass is 387 g/mol. The van der Waals surface area contributed by atoms with Gasteiger partial charge in [0.25, 0.3) is 0 Å². The zero-order chi connectivity index (χ0) is 18.5. The number of rotatable bonds is 4. The molecule has 4 nitrogen and oxygen atoms in total. The Kier molecular flexibility index (Phi) is 3.76. The van der Waals surface area contributed by atoms with Gasteiger partial charge in [-0.3, -0.25) is 4.98 Å². The van der Waals surface area contributed by atoms with Crippen LogP contribution >= 0.6 is 11.3 Å². The van der Waals surface area contributed by atoms with Crippen molar-refractivity contribution in [2.75, 3.05) is 5.32 Å². The molecule has 0 aliphatic heterocycles. The summed E-state index contributed by atoms with van der Waals surface area (Å²) in [6, 6.07) is 16.7. The van der Waals surface area contributed by atoms with E-state index in [0.29, 0.717) is 6.04 Å². The number of benzene rings is 2. The Morgan fingerprint density at radius 2 is 1.96 bits per heavy atom. The first kappa shape index (κ1) is 16.3. The minimum absolute atomic E-state index is 0.609.